The lowest BCUT2D eigenvalue weighted by Crippen LogP contribution is -2.30. The lowest BCUT2D eigenvalue weighted by molar-refractivity contribution is 0.536. The van der Waals surface area contributed by atoms with Crippen LogP contribution in [0.1, 0.15) is 23.1 Å². The van der Waals surface area contributed by atoms with Crippen molar-refractivity contribution in [1.82, 2.24) is 15.4 Å². The second kappa shape index (κ2) is 5.16. The van der Waals surface area contributed by atoms with Crippen LogP contribution in [-0.2, 0) is 6.42 Å². The maximum Gasteiger partial charge on any atom is 0.125 e. The third-order valence-corrected chi connectivity index (χ3v) is 3.11. The lowest BCUT2D eigenvalue weighted by atomic mass is 10.1. The van der Waals surface area contributed by atoms with E-state index in [1.165, 1.54) is 5.56 Å². The summed E-state index contributed by atoms with van der Waals surface area (Å²) in [5, 5.41) is 4.19. The molecule has 0 aliphatic heterocycles. The summed E-state index contributed by atoms with van der Waals surface area (Å²) in [7, 11) is 0. The summed E-state index contributed by atoms with van der Waals surface area (Å²) in [6.07, 6.45) is 2.60. The number of aromatic nitrogens is 2. The summed E-state index contributed by atoms with van der Waals surface area (Å²) in [5.74, 6) is 6.33. The fraction of sp³-hybridized carbons (Fsp3) is 0.273. The third kappa shape index (κ3) is 2.63. The first-order valence-electron chi connectivity index (χ1n) is 5.06. The molecule has 3 N–H and O–H groups in total. The molecule has 0 aliphatic rings. The summed E-state index contributed by atoms with van der Waals surface area (Å²) in [6.45, 7) is 1.88. The Hall–Kier alpha value is -1.30. The lowest BCUT2D eigenvalue weighted by Gasteiger charge is -2.14. The number of hydrogen-bond acceptors (Lipinski definition) is 5. The van der Waals surface area contributed by atoms with Crippen LogP contribution >= 0.6 is 11.3 Å². The minimum Gasteiger partial charge on any atom is -0.271 e. The van der Waals surface area contributed by atoms with E-state index >= 15 is 0 Å². The van der Waals surface area contributed by atoms with Crippen molar-refractivity contribution < 1.29 is 0 Å². The Bertz CT molecular complexity index is 441. The van der Waals surface area contributed by atoms with E-state index in [0.717, 1.165) is 17.9 Å². The molecule has 0 spiro atoms. The Morgan fingerprint density at radius 1 is 1.50 bits per heavy atom. The van der Waals surface area contributed by atoms with Crippen LogP contribution in [0.25, 0.3) is 0 Å². The smallest absolute Gasteiger partial charge is 0.125 e. The zero-order valence-corrected chi connectivity index (χ0v) is 9.87. The molecule has 2 aromatic rings. The summed E-state index contributed by atoms with van der Waals surface area (Å²) < 4.78 is 0. The Morgan fingerprint density at radius 3 is 3.00 bits per heavy atom. The quantitative estimate of drug-likeness (QED) is 0.623. The van der Waals surface area contributed by atoms with Crippen LogP contribution in [-0.4, -0.2) is 9.97 Å². The highest BCUT2D eigenvalue weighted by Gasteiger charge is 2.12. The van der Waals surface area contributed by atoms with Gasteiger partial charge in [0.05, 0.1) is 11.7 Å². The standard InChI is InChI=1S/C11H14N4S/c1-8-13-4-2-10(14-8)11(15-12)6-9-3-5-16-7-9/h2-5,7,11,15H,6,12H2,1H3. The van der Waals surface area contributed by atoms with Crippen molar-refractivity contribution >= 4 is 11.3 Å². The van der Waals surface area contributed by atoms with Gasteiger partial charge in [-0.2, -0.15) is 11.3 Å². The number of rotatable bonds is 4. The Kier molecular flexibility index (Phi) is 3.61. The fourth-order valence-electron chi connectivity index (χ4n) is 1.56. The van der Waals surface area contributed by atoms with Gasteiger partial charge < -0.3 is 0 Å². The minimum absolute atomic E-state index is 0.0382. The van der Waals surface area contributed by atoms with Crippen molar-refractivity contribution in [2.75, 3.05) is 0 Å². The van der Waals surface area contributed by atoms with Crippen LogP contribution in [0.3, 0.4) is 0 Å². The first-order chi connectivity index (χ1) is 7.79. The maximum absolute atomic E-state index is 5.56. The number of hydrogen-bond donors (Lipinski definition) is 2. The van der Waals surface area contributed by atoms with E-state index in [1.54, 1.807) is 17.5 Å². The van der Waals surface area contributed by atoms with Gasteiger partial charge in [0.15, 0.2) is 0 Å². The minimum atomic E-state index is 0.0382. The first-order valence-corrected chi connectivity index (χ1v) is 6.00. The molecule has 0 saturated carbocycles. The average molecular weight is 234 g/mol. The molecule has 2 aromatic heterocycles. The molecule has 2 rings (SSSR count). The highest BCUT2D eigenvalue weighted by molar-refractivity contribution is 7.07. The number of nitrogens with one attached hydrogen (secondary N) is 1. The molecule has 4 nitrogen and oxygen atoms in total. The summed E-state index contributed by atoms with van der Waals surface area (Å²) in [5.41, 5.74) is 5.00. The van der Waals surface area contributed by atoms with E-state index < -0.39 is 0 Å². The van der Waals surface area contributed by atoms with Gasteiger partial charge in [0.2, 0.25) is 0 Å². The molecule has 2 heterocycles. The summed E-state index contributed by atoms with van der Waals surface area (Å²) in [4.78, 5) is 8.45. The van der Waals surface area contributed by atoms with Gasteiger partial charge in [-0.25, -0.2) is 9.97 Å². The third-order valence-electron chi connectivity index (χ3n) is 2.38. The Morgan fingerprint density at radius 2 is 2.38 bits per heavy atom. The highest BCUT2D eigenvalue weighted by atomic mass is 32.1. The van der Waals surface area contributed by atoms with E-state index in [4.69, 9.17) is 5.84 Å². The molecule has 84 valence electrons. The van der Waals surface area contributed by atoms with E-state index in [1.807, 2.05) is 13.0 Å². The van der Waals surface area contributed by atoms with Gasteiger partial charge in [0.25, 0.3) is 0 Å². The molecule has 1 unspecified atom stereocenters. The van der Waals surface area contributed by atoms with Gasteiger partial charge in [-0.15, -0.1) is 0 Å². The van der Waals surface area contributed by atoms with E-state index in [0.29, 0.717) is 0 Å². The van der Waals surface area contributed by atoms with Crippen molar-refractivity contribution in [3.63, 3.8) is 0 Å². The van der Waals surface area contributed by atoms with Crippen LogP contribution in [0.2, 0.25) is 0 Å². The summed E-state index contributed by atoms with van der Waals surface area (Å²) >= 11 is 1.69. The van der Waals surface area contributed by atoms with Crippen molar-refractivity contribution in [3.8, 4) is 0 Å². The molecule has 16 heavy (non-hydrogen) atoms. The van der Waals surface area contributed by atoms with Gasteiger partial charge in [0, 0.05) is 6.20 Å². The van der Waals surface area contributed by atoms with Crippen LogP contribution < -0.4 is 11.3 Å². The SMILES string of the molecule is Cc1nccc(C(Cc2ccsc2)NN)n1. The number of aryl methyl sites for hydroxylation is 1. The van der Waals surface area contributed by atoms with E-state index in [-0.39, 0.29) is 6.04 Å². The van der Waals surface area contributed by atoms with E-state index in [9.17, 15) is 0 Å². The molecule has 5 heteroatoms. The van der Waals surface area contributed by atoms with Gasteiger partial charge >= 0.3 is 0 Å². The molecule has 0 fully saturated rings. The Labute approximate surface area is 98.5 Å². The molecule has 0 saturated heterocycles. The maximum atomic E-state index is 5.56. The fourth-order valence-corrected chi connectivity index (χ4v) is 2.24. The molecule has 0 radical (unpaired) electrons. The van der Waals surface area contributed by atoms with Crippen LogP contribution in [0.15, 0.2) is 29.1 Å². The molecule has 0 aliphatic carbocycles. The second-order valence-corrected chi connectivity index (χ2v) is 4.36. The predicted octanol–water partition coefficient (Wildman–Crippen LogP) is 1.59. The molecular formula is C11H14N4S. The van der Waals surface area contributed by atoms with Gasteiger partial charge in [0.1, 0.15) is 5.82 Å². The van der Waals surface area contributed by atoms with Crippen LogP contribution in [0, 0.1) is 6.92 Å². The average Bonchev–Trinajstić information content (AvgIpc) is 2.78. The number of nitrogens with zero attached hydrogens (tertiary/aromatic N) is 2. The first kappa shape index (κ1) is 11.2. The van der Waals surface area contributed by atoms with Gasteiger partial charge in [-0.3, -0.25) is 11.3 Å². The van der Waals surface area contributed by atoms with Crippen molar-refractivity contribution in [2.24, 2.45) is 5.84 Å². The molecule has 1 atom stereocenters. The zero-order valence-electron chi connectivity index (χ0n) is 9.05. The van der Waals surface area contributed by atoms with Crippen molar-refractivity contribution in [2.45, 2.75) is 19.4 Å². The van der Waals surface area contributed by atoms with Crippen molar-refractivity contribution in [3.05, 3.63) is 46.2 Å². The largest absolute Gasteiger partial charge is 0.271 e. The zero-order chi connectivity index (χ0) is 11.4. The van der Waals surface area contributed by atoms with Gasteiger partial charge in [-0.1, -0.05) is 0 Å². The van der Waals surface area contributed by atoms with Crippen molar-refractivity contribution in [1.29, 1.82) is 0 Å². The number of hydrazine groups is 1. The predicted molar refractivity (Wildman–Crippen MR) is 64.9 cm³/mol. The van der Waals surface area contributed by atoms with Gasteiger partial charge in [-0.05, 0) is 41.8 Å². The van der Waals surface area contributed by atoms with Crippen LogP contribution in [0.5, 0.6) is 0 Å². The molecule has 0 amide bonds. The normalized spacial score (nSPS) is 12.6. The topological polar surface area (TPSA) is 63.8 Å². The Balaban J connectivity index is 2.16. The number of thiophene rings is 1. The van der Waals surface area contributed by atoms with Crippen LogP contribution in [0.4, 0.5) is 0 Å². The monoisotopic (exact) mass is 234 g/mol. The number of nitrogens with two attached hydrogens (primary N) is 1. The molecule has 0 bridgehead atoms. The molecule has 0 aromatic carbocycles. The second-order valence-electron chi connectivity index (χ2n) is 3.58. The highest BCUT2D eigenvalue weighted by Crippen LogP contribution is 2.17. The van der Waals surface area contributed by atoms with E-state index in [2.05, 4.69) is 32.2 Å². The summed E-state index contributed by atoms with van der Waals surface area (Å²) in [6, 6.07) is 4.03. The molecular weight excluding hydrogens is 220 g/mol.